The van der Waals surface area contributed by atoms with Gasteiger partial charge in [-0.15, -0.1) is 0 Å². The van der Waals surface area contributed by atoms with Crippen LogP contribution in [0.15, 0.2) is 35.8 Å². The molecule has 2 heterocycles. The second kappa shape index (κ2) is 6.46. The van der Waals surface area contributed by atoms with E-state index >= 15 is 0 Å². The Morgan fingerprint density at radius 1 is 1.24 bits per heavy atom. The van der Waals surface area contributed by atoms with Gasteiger partial charge in [-0.3, -0.25) is 0 Å². The number of urea groups is 1. The van der Waals surface area contributed by atoms with E-state index < -0.39 is 0 Å². The van der Waals surface area contributed by atoms with Crippen molar-refractivity contribution >= 4 is 18.8 Å². The van der Waals surface area contributed by atoms with Crippen LogP contribution in [0.4, 0.5) is 14.9 Å². The van der Waals surface area contributed by atoms with E-state index in [9.17, 15) is 9.18 Å². The largest absolute Gasteiger partial charge is 0.490 e. The molecular weight excluding hydrogens is 322 g/mol. The number of amides is 2. The number of anilines is 1. The van der Waals surface area contributed by atoms with E-state index in [0.29, 0.717) is 25.2 Å². The zero-order valence-electron chi connectivity index (χ0n) is 15.1. The number of benzene rings is 1. The predicted molar refractivity (Wildman–Crippen MR) is 95.8 cm³/mol. The lowest BCUT2D eigenvalue weighted by atomic mass is 9.75. The molecule has 1 N–H and O–H groups in total. The first-order valence-corrected chi connectivity index (χ1v) is 8.54. The normalized spacial score (nSPS) is 21.9. The van der Waals surface area contributed by atoms with Gasteiger partial charge in [0.25, 0.3) is 0 Å². The average Bonchev–Trinajstić information content (AvgIpc) is 2.75. The molecule has 0 radical (unpaired) electrons. The summed E-state index contributed by atoms with van der Waals surface area (Å²) in [6.07, 6.45) is 2.67. The van der Waals surface area contributed by atoms with Gasteiger partial charge in [0.1, 0.15) is 5.82 Å². The molecule has 0 unspecified atom stereocenters. The lowest BCUT2D eigenvalue weighted by molar-refractivity contribution is 0.00578. The van der Waals surface area contributed by atoms with Crippen molar-refractivity contribution in [2.45, 2.75) is 45.3 Å². The molecule has 0 saturated carbocycles. The fourth-order valence-electron chi connectivity index (χ4n) is 2.85. The van der Waals surface area contributed by atoms with Crippen molar-refractivity contribution in [3.8, 4) is 0 Å². The smallest absolute Gasteiger partial charge is 0.400 e. The van der Waals surface area contributed by atoms with Gasteiger partial charge in [0.2, 0.25) is 0 Å². The molecule has 2 aliphatic heterocycles. The summed E-state index contributed by atoms with van der Waals surface area (Å²) in [5, 5.41) is 2.72. The highest BCUT2D eigenvalue weighted by Gasteiger charge is 2.52. The van der Waals surface area contributed by atoms with E-state index in [-0.39, 0.29) is 30.2 Å². The summed E-state index contributed by atoms with van der Waals surface area (Å²) in [5.41, 5.74) is 0.772. The monoisotopic (exact) mass is 346 g/mol. The standard InChI is InChI=1S/C18H24BFN2O3/c1-17(2)18(3,4)25-19(24-17)13-8-10-22(11-9-13)16(23)21-15-7-5-6-14(20)12-15/h5-8,12H,9-11H2,1-4H3,(H,21,23). The maximum absolute atomic E-state index is 13.2. The van der Waals surface area contributed by atoms with E-state index in [2.05, 4.69) is 5.32 Å². The van der Waals surface area contributed by atoms with Crippen LogP contribution in [0.5, 0.6) is 0 Å². The topological polar surface area (TPSA) is 50.8 Å². The zero-order chi connectivity index (χ0) is 18.2. The van der Waals surface area contributed by atoms with Crippen molar-refractivity contribution in [2.75, 3.05) is 18.4 Å². The number of rotatable bonds is 2. The van der Waals surface area contributed by atoms with Gasteiger partial charge in [-0.05, 0) is 57.8 Å². The Hall–Kier alpha value is -1.86. The number of carbonyl (C=O) groups excluding carboxylic acids is 1. The van der Waals surface area contributed by atoms with E-state index in [4.69, 9.17) is 9.31 Å². The number of halogens is 1. The number of nitrogens with zero attached hydrogens (tertiary/aromatic N) is 1. The Morgan fingerprint density at radius 2 is 1.92 bits per heavy atom. The molecular formula is C18H24BFN2O3. The van der Waals surface area contributed by atoms with Crippen molar-refractivity contribution in [1.29, 1.82) is 0 Å². The maximum Gasteiger partial charge on any atom is 0.490 e. The number of nitrogens with one attached hydrogen (secondary N) is 1. The molecule has 0 aliphatic carbocycles. The lowest BCUT2D eigenvalue weighted by Gasteiger charge is -2.32. The van der Waals surface area contributed by atoms with Crippen LogP contribution in [0.25, 0.3) is 0 Å². The molecule has 2 aliphatic rings. The summed E-state index contributed by atoms with van der Waals surface area (Å²) < 4.78 is 25.3. The molecule has 1 aromatic carbocycles. The minimum Gasteiger partial charge on any atom is -0.400 e. The first-order chi connectivity index (χ1) is 11.7. The predicted octanol–water partition coefficient (Wildman–Crippen LogP) is 3.62. The van der Waals surface area contributed by atoms with Crippen LogP contribution in [0, 0.1) is 5.82 Å². The van der Waals surface area contributed by atoms with Gasteiger partial charge in [0, 0.05) is 18.8 Å². The maximum atomic E-state index is 13.2. The second-order valence-corrected chi connectivity index (χ2v) is 7.50. The van der Waals surface area contributed by atoms with Gasteiger partial charge >= 0.3 is 13.1 Å². The quantitative estimate of drug-likeness (QED) is 0.832. The average molecular weight is 346 g/mol. The lowest BCUT2D eigenvalue weighted by Crippen LogP contribution is -2.41. The summed E-state index contributed by atoms with van der Waals surface area (Å²) in [6.45, 7) is 9.13. The summed E-state index contributed by atoms with van der Waals surface area (Å²) in [5.74, 6) is -0.376. The van der Waals surface area contributed by atoms with Crippen LogP contribution in [0.3, 0.4) is 0 Å². The molecule has 0 bridgehead atoms. The summed E-state index contributed by atoms with van der Waals surface area (Å²) >= 11 is 0. The van der Waals surface area contributed by atoms with Gasteiger partial charge in [0.15, 0.2) is 0 Å². The van der Waals surface area contributed by atoms with Crippen molar-refractivity contribution in [3.05, 3.63) is 41.6 Å². The van der Waals surface area contributed by atoms with Crippen molar-refractivity contribution < 1.29 is 18.5 Å². The fourth-order valence-corrected chi connectivity index (χ4v) is 2.85. The summed E-state index contributed by atoms with van der Waals surface area (Å²) in [7, 11) is -0.363. The van der Waals surface area contributed by atoms with Crippen LogP contribution in [0.2, 0.25) is 0 Å². The number of hydrogen-bond acceptors (Lipinski definition) is 3. The van der Waals surface area contributed by atoms with Crippen LogP contribution < -0.4 is 5.32 Å². The summed E-state index contributed by atoms with van der Waals surface area (Å²) in [6, 6.07) is 5.63. The molecule has 1 saturated heterocycles. The van der Waals surface area contributed by atoms with Gasteiger partial charge in [-0.25, -0.2) is 9.18 Å². The fraction of sp³-hybridized carbons (Fsp3) is 0.500. The Morgan fingerprint density at radius 3 is 2.48 bits per heavy atom. The molecule has 5 nitrogen and oxygen atoms in total. The SMILES string of the molecule is CC1(C)OB(C2=CCN(C(=O)Nc3cccc(F)c3)CC2)OC1(C)C. The molecule has 1 fully saturated rings. The van der Waals surface area contributed by atoms with Crippen LogP contribution in [-0.2, 0) is 9.31 Å². The van der Waals surface area contributed by atoms with E-state index in [1.807, 2.05) is 33.8 Å². The Bertz CT molecular complexity index is 689. The molecule has 3 rings (SSSR count). The number of hydrogen-bond donors (Lipinski definition) is 1. The molecule has 25 heavy (non-hydrogen) atoms. The Balaban J connectivity index is 1.60. The highest BCUT2D eigenvalue weighted by atomic mass is 19.1. The van der Waals surface area contributed by atoms with Gasteiger partial charge < -0.3 is 19.5 Å². The molecule has 2 amide bonds. The van der Waals surface area contributed by atoms with Crippen molar-refractivity contribution in [1.82, 2.24) is 4.90 Å². The minimum absolute atomic E-state index is 0.241. The van der Waals surface area contributed by atoms with Crippen LogP contribution >= 0.6 is 0 Å². The first kappa shape index (κ1) is 18.0. The van der Waals surface area contributed by atoms with Crippen LogP contribution in [0.1, 0.15) is 34.1 Å². The van der Waals surface area contributed by atoms with Gasteiger partial charge in [0.05, 0.1) is 11.2 Å². The van der Waals surface area contributed by atoms with E-state index in [0.717, 1.165) is 5.47 Å². The molecule has 0 atom stereocenters. The van der Waals surface area contributed by atoms with E-state index in [1.54, 1.807) is 17.0 Å². The van der Waals surface area contributed by atoms with E-state index in [1.165, 1.54) is 12.1 Å². The van der Waals surface area contributed by atoms with Gasteiger partial charge in [-0.2, -0.15) is 0 Å². The molecule has 0 spiro atoms. The van der Waals surface area contributed by atoms with Gasteiger partial charge in [-0.1, -0.05) is 12.1 Å². The zero-order valence-corrected chi connectivity index (χ0v) is 15.1. The highest BCUT2D eigenvalue weighted by Crippen LogP contribution is 2.39. The third-order valence-corrected chi connectivity index (χ3v) is 5.16. The third kappa shape index (κ3) is 3.72. The molecule has 1 aromatic rings. The van der Waals surface area contributed by atoms with Crippen LogP contribution in [-0.4, -0.2) is 42.3 Å². The van der Waals surface area contributed by atoms with Crippen molar-refractivity contribution in [2.24, 2.45) is 0 Å². The minimum atomic E-state index is -0.376. The summed E-state index contributed by atoms with van der Waals surface area (Å²) in [4.78, 5) is 14.0. The van der Waals surface area contributed by atoms with Crippen molar-refractivity contribution in [3.63, 3.8) is 0 Å². The Kier molecular flexibility index (Phi) is 4.64. The second-order valence-electron chi connectivity index (χ2n) is 7.50. The molecule has 7 heteroatoms. The third-order valence-electron chi connectivity index (χ3n) is 5.16. The first-order valence-electron chi connectivity index (χ1n) is 8.54. The Labute approximate surface area is 148 Å². The molecule has 134 valence electrons. The molecule has 0 aromatic heterocycles. The highest BCUT2D eigenvalue weighted by molar-refractivity contribution is 6.54. The number of carbonyl (C=O) groups is 1.